The van der Waals surface area contributed by atoms with Gasteiger partial charge in [0.15, 0.2) is 0 Å². The number of nitrogens with one attached hydrogen (secondary N) is 1. The summed E-state index contributed by atoms with van der Waals surface area (Å²) >= 11 is 4.93. The number of cyclic esters (lactones) is 1. The van der Waals surface area contributed by atoms with Crippen LogP contribution in [0.3, 0.4) is 0 Å². The monoisotopic (exact) mass is 568 g/mol. The van der Waals surface area contributed by atoms with Crippen LogP contribution in [0.5, 0.6) is 0 Å². The van der Waals surface area contributed by atoms with Gasteiger partial charge in [-0.25, -0.2) is 9.18 Å². The van der Waals surface area contributed by atoms with Crippen molar-refractivity contribution >= 4 is 57.2 Å². The van der Waals surface area contributed by atoms with Gasteiger partial charge in [-0.2, -0.15) is 0 Å². The van der Waals surface area contributed by atoms with E-state index in [9.17, 15) is 33.2 Å². The number of thiocarbonyl (C=S) groups is 1. The van der Waals surface area contributed by atoms with E-state index in [2.05, 4.69) is 5.32 Å². The molecule has 13 nitrogen and oxygen atoms in total. The molecule has 2 fully saturated rings. The van der Waals surface area contributed by atoms with E-state index in [1.165, 1.54) is 21.9 Å². The van der Waals surface area contributed by atoms with E-state index in [-0.39, 0.29) is 29.9 Å². The van der Waals surface area contributed by atoms with Gasteiger partial charge in [0.25, 0.3) is 5.17 Å². The Morgan fingerprint density at radius 1 is 1.36 bits per heavy atom. The average molecular weight is 568 g/mol. The van der Waals surface area contributed by atoms with Crippen LogP contribution < -0.4 is 15.1 Å². The highest BCUT2D eigenvalue weighted by atomic mass is 32.1. The number of rotatable bonds is 8. The molecule has 1 aromatic rings. The molecule has 2 heterocycles. The summed E-state index contributed by atoms with van der Waals surface area (Å²) in [5, 5.41) is 9.04. The lowest BCUT2D eigenvalue weighted by atomic mass is 10.2. The van der Waals surface area contributed by atoms with Crippen molar-refractivity contribution in [3.05, 3.63) is 24.0 Å². The molecule has 0 aliphatic carbocycles. The second-order valence-corrected chi connectivity index (χ2v) is 11.9. The van der Waals surface area contributed by atoms with Crippen LogP contribution in [0.25, 0.3) is 0 Å². The van der Waals surface area contributed by atoms with Crippen LogP contribution in [-0.2, 0) is 18.8 Å². The number of ether oxygens (including phenoxy) is 2. The SMILES string of the molecule is CC(OC(=S)NC[C@H]1CN(c2ccc(N3CCN(C(=O)CO)CC3)c(F)c2)C(=O)O1)(P(O)O)[PH](=O)O. The summed E-state index contributed by atoms with van der Waals surface area (Å²) in [4.78, 5) is 56.5. The second-order valence-electron chi connectivity index (χ2n) is 8.13. The first-order chi connectivity index (χ1) is 17.0. The Balaban J connectivity index is 1.56. The van der Waals surface area contributed by atoms with Gasteiger partial charge in [-0.05, 0) is 37.3 Å². The predicted octanol–water partition coefficient (Wildman–Crippen LogP) is 0.120. The number of nitrogens with zero attached hydrogens (tertiary/aromatic N) is 3. The van der Waals surface area contributed by atoms with Crippen LogP contribution in [0.2, 0.25) is 0 Å². The summed E-state index contributed by atoms with van der Waals surface area (Å²) in [7, 11) is -6.44. The number of aliphatic hydroxyl groups is 1. The number of piperazine rings is 1. The molecule has 17 heteroatoms. The van der Waals surface area contributed by atoms with E-state index in [1.807, 2.05) is 0 Å². The van der Waals surface area contributed by atoms with Crippen molar-refractivity contribution in [1.29, 1.82) is 0 Å². The maximum Gasteiger partial charge on any atom is 0.414 e. The van der Waals surface area contributed by atoms with Crippen LogP contribution in [0.15, 0.2) is 18.2 Å². The van der Waals surface area contributed by atoms with Crippen LogP contribution >= 0.6 is 28.6 Å². The minimum Gasteiger partial charge on any atom is -0.445 e. The number of carbonyl (C=O) groups is 2. The fourth-order valence-corrected chi connectivity index (χ4v) is 5.07. The molecule has 0 saturated carbocycles. The molecule has 5 N–H and O–H groups in total. The lowest BCUT2D eigenvalue weighted by molar-refractivity contribution is -0.134. The van der Waals surface area contributed by atoms with E-state index < -0.39 is 46.1 Å². The van der Waals surface area contributed by atoms with Gasteiger partial charge < -0.3 is 44.4 Å². The van der Waals surface area contributed by atoms with Crippen molar-refractivity contribution in [3.63, 3.8) is 0 Å². The predicted molar refractivity (Wildman–Crippen MR) is 133 cm³/mol. The first-order valence-corrected chi connectivity index (χ1v) is 13.8. The Morgan fingerprint density at radius 3 is 2.58 bits per heavy atom. The third kappa shape index (κ3) is 6.41. The number of halogens is 1. The van der Waals surface area contributed by atoms with Crippen molar-refractivity contribution in [2.24, 2.45) is 0 Å². The molecule has 36 heavy (non-hydrogen) atoms. The highest BCUT2D eigenvalue weighted by Crippen LogP contribution is 2.56. The highest BCUT2D eigenvalue weighted by Gasteiger charge is 2.43. The Kier molecular flexibility index (Phi) is 9.44. The molecule has 0 radical (unpaired) electrons. The molecule has 2 amide bonds. The number of carbonyl (C=O) groups excluding carboxylic acids is 2. The first kappa shape index (κ1) is 28.5. The van der Waals surface area contributed by atoms with Gasteiger partial charge in [0.1, 0.15) is 18.5 Å². The molecule has 2 aliphatic rings. The minimum atomic E-state index is -3.51. The van der Waals surface area contributed by atoms with Crippen LogP contribution in [0, 0.1) is 5.82 Å². The average Bonchev–Trinajstić information content (AvgIpc) is 3.22. The molecular formula is C19H27FN4O9P2S. The first-order valence-electron chi connectivity index (χ1n) is 10.8. The fourth-order valence-electron chi connectivity index (χ4n) is 3.64. The van der Waals surface area contributed by atoms with E-state index >= 15 is 0 Å². The van der Waals surface area contributed by atoms with Crippen LogP contribution in [-0.4, -0.2) is 98.9 Å². The summed E-state index contributed by atoms with van der Waals surface area (Å²) in [6.07, 6.45) is -1.43. The van der Waals surface area contributed by atoms with Gasteiger partial charge in [0.05, 0.1) is 24.5 Å². The molecule has 1 aromatic carbocycles. The number of anilines is 2. The van der Waals surface area contributed by atoms with Gasteiger partial charge in [-0.3, -0.25) is 14.3 Å². The van der Waals surface area contributed by atoms with Crippen molar-refractivity contribution in [2.45, 2.75) is 18.1 Å². The van der Waals surface area contributed by atoms with Crippen LogP contribution in [0.4, 0.5) is 20.6 Å². The largest absolute Gasteiger partial charge is 0.445 e. The van der Waals surface area contributed by atoms with Crippen molar-refractivity contribution in [3.8, 4) is 0 Å². The smallest absolute Gasteiger partial charge is 0.414 e. The maximum atomic E-state index is 14.9. The Hall–Kier alpha value is -2.12. The summed E-state index contributed by atoms with van der Waals surface area (Å²) in [5.41, 5.74) is 0.594. The van der Waals surface area contributed by atoms with Gasteiger partial charge in [-0.15, -0.1) is 0 Å². The van der Waals surface area contributed by atoms with Gasteiger partial charge in [0, 0.05) is 26.2 Å². The quantitative estimate of drug-likeness (QED) is 0.212. The lowest BCUT2D eigenvalue weighted by Crippen LogP contribution is -2.49. The van der Waals surface area contributed by atoms with Crippen molar-refractivity contribution < 1.29 is 47.8 Å². The molecule has 200 valence electrons. The molecule has 3 atom stereocenters. The molecule has 2 aliphatic heterocycles. The van der Waals surface area contributed by atoms with Gasteiger partial charge in [0.2, 0.25) is 27.4 Å². The van der Waals surface area contributed by atoms with E-state index in [4.69, 9.17) is 26.8 Å². The Labute approximate surface area is 213 Å². The Morgan fingerprint density at radius 2 is 2.03 bits per heavy atom. The zero-order valence-electron chi connectivity index (χ0n) is 19.2. The second kappa shape index (κ2) is 12.0. The summed E-state index contributed by atoms with van der Waals surface area (Å²) in [6, 6.07) is 4.32. The summed E-state index contributed by atoms with van der Waals surface area (Å²) in [6.45, 7) is 1.97. The van der Waals surface area contributed by atoms with E-state index in [0.29, 0.717) is 31.9 Å². The third-order valence-electron chi connectivity index (χ3n) is 5.77. The molecule has 0 bridgehead atoms. The number of aliphatic hydroxyl groups excluding tert-OH is 1. The molecule has 2 unspecified atom stereocenters. The van der Waals surface area contributed by atoms with Crippen LogP contribution in [0.1, 0.15) is 6.92 Å². The standard InChI is InChI=1S/C19H27FN4O9P2S/c1-19(34(28)29,35(30)31)33-17(36)21-9-13-10-24(18(27)32-13)12-2-3-15(14(20)8-12)22-4-6-23(7-5-22)16(26)11-25/h2-3,8,13,25,28-29,35H,4-7,9-11H2,1H3,(H,21,36)(H,30,31)/t13-,19?/m0/s1. The lowest BCUT2D eigenvalue weighted by Gasteiger charge is -2.36. The zero-order chi connectivity index (χ0) is 26.6. The van der Waals surface area contributed by atoms with Crippen molar-refractivity contribution in [1.82, 2.24) is 10.2 Å². The molecule has 0 spiro atoms. The summed E-state index contributed by atoms with van der Waals surface area (Å²) < 4.78 is 36.7. The van der Waals surface area contributed by atoms with E-state index in [0.717, 1.165) is 6.92 Å². The molecule has 3 rings (SSSR count). The fraction of sp³-hybridized carbons (Fsp3) is 0.526. The van der Waals surface area contributed by atoms with Gasteiger partial charge in [-0.1, -0.05) is 0 Å². The molecule has 2 saturated heterocycles. The maximum absolute atomic E-state index is 14.9. The highest BCUT2D eigenvalue weighted by molar-refractivity contribution is 7.80. The topological polar surface area (TPSA) is 172 Å². The normalized spacial score (nSPS) is 20.7. The number of hydrogen-bond acceptors (Lipinski definition) is 10. The Bertz CT molecular complexity index is 1030. The number of amides is 2. The molecular weight excluding hydrogens is 541 g/mol. The third-order valence-corrected chi connectivity index (χ3v) is 8.92. The minimum absolute atomic E-state index is 0.0459. The molecule has 0 aromatic heterocycles. The number of benzene rings is 1. The zero-order valence-corrected chi connectivity index (χ0v) is 21.9. The summed E-state index contributed by atoms with van der Waals surface area (Å²) in [5.74, 6) is -0.930. The number of hydrogen-bond donors (Lipinski definition) is 5. The van der Waals surface area contributed by atoms with Gasteiger partial charge >= 0.3 is 6.09 Å². The van der Waals surface area contributed by atoms with E-state index in [1.54, 1.807) is 11.0 Å². The van der Waals surface area contributed by atoms with Crippen molar-refractivity contribution in [2.75, 3.05) is 55.7 Å².